The van der Waals surface area contributed by atoms with Crippen LogP contribution in [0.5, 0.6) is 0 Å². The van der Waals surface area contributed by atoms with E-state index < -0.39 is 17.4 Å². The van der Waals surface area contributed by atoms with E-state index in [-0.39, 0.29) is 5.91 Å². The van der Waals surface area contributed by atoms with Gasteiger partial charge in [0.15, 0.2) is 0 Å². The quantitative estimate of drug-likeness (QED) is 0.725. The fraction of sp³-hybridized carbons (Fsp3) is 0.400. The predicted molar refractivity (Wildman–Crippen MR) is 77.1 cm³/mol. The molecule has 3 N–H and O–H groups in total. The standard InChI is InChI=1S/C15H17N3O3/c1-2-15(6-3-7-16-15)14(21)17-9-4-5-10-11(8-9)13(20)18-12(10)19/h4-5,8,16H,2-3,6-7H2,1H3,(H,17,21)(H,18,19,20). The van der Waals surface area contributed by atoms with E-state index in [0.29, 0.717) is 23.2 Å². The molecule has 2 aliphatic heterocycles. The molecule has 1 aromatic carbocycles. The van der Waals surface area contributed by atoms with Gasteiger partial charge >= 0.3 is 0 Å². The van der Waals surface area contributed by atoms with Gasteiger partial charge in [-0.3, -0.25) is 19.7 Å². The SMILES string of the molecule is CCC1(C(=O)Nc2ccc3c(c2)C(=O)NC3=O)CCCN1. The minimum Gasteiger partial charge on any atom is -0.324 e. The molecule has 0 bridgehead atoms. The number of anilines is 1. The number of nitrogens with one attached hydrogen (secondary N) is 3. The Kier molecular flexibility index (Phi) is 3.25. The van der Waals surface area contributed by atoms with Crippen molar-refractivity contribution < 1.29 is 14.4 Å². The Morgan fingerprint density at radius 2 is 2.05 bits per heavy atom. The van der Waals surface area contributed by atoms with Crippen LogP contribution >= 0.6 is 0 Å². The van der Waals surface area contributed by atoms with E-state index in [9.17, 15) is 14.4 Å². The highest BCUT2D eigenvalue weighted by molar-refractivity contribution is 6.22. The highest BCUT2D eigenvalue weighted by Crippen LogP contribution is 2.26. The molecule has 110 valence electrons. The van der Waals surface area contributed by atoms with E-state index in [0.717, 1.165) is 19.4 Å². The maximum atomic E-state index is 12.5. The minimum atomic E-state index is -0.531. The first-order valence-electron chi connectivity index (χ1n) is 7.12. The Morgan fingerprint density at radius 3 is 2.71 bits per heavy atom. The van der Waals surface area contributed by atoms with Gasteiger partial charge in [0.05, 0.1) is 16.7 Å². The van der Waals surface area contributed by atoms with Crippen LogP contribution in [0.3, 0.4) is 0 Å². The van der Waals surface area contributed by atoms with Crippen LogP contribution in [0.4, 0.5) is 5.69 Å². The number of hydrogen-bond donors (Lipinski definition) is 3. The van der Waals surface area contributed by atoms with Crippen LogP contribution in [0, 0.1) is 0 Å². The molecule has 2 heterocycles. The number of fused-ring (bicyclic) bond motifs is 1. The van der Waals surface area contributed by atoms with Gasteiger partial charge in [-0.05, 0) is 44.0 Å². The minimum absolute atomic E-state index is 0.0906. The Labute approximate surface area is 122 Å². The highest BCUT2D eigenvalue weighted by Gasteiger charge is 2.39. The normalized spacial score (nSPS) is 23.9. The van der Waals surface area contributed by atoms with Gasteiger partial charge in [0.25, 0.3) is 11.8 Å². The second-order valence-electron chi connectivity index (χ2n) is 5.46. The molecule has 1 unspecified atom stereocenters. The monoisotopic (exact) mass is 287 g/mol. The summed E-state index contributed by atoms with van der Waals surface area (Å²) in [4.78, 5) is 35.6. The van der Waals surface area contributed by atoms with E-state index in [2.05, 4.69) is 16.0 Å². The second kappa shape index (κ2) is 4.96. The zero-order valence-corrected chi connectivity index (χ0v) is 11.8. The summed E-state index contributed by atoms with van der Waals surface area (Å²) in [6.07, 6.45) is 2.49. The van der Waals surface area contributed by atoms with Crippen molar-refractivity contribution in [2.24, 2.45) is 0 Å². The molecule has 1 atom stereocenters. The van der Waals surface area contributed by atoms with Crippen LogP contribution < -0.4 is 16.0 Å². The van der Waals surface area contributed by atoms with Gasteiger partial charge in [0, 0.05) is 5.69 Å². The number of benzene rings is 1. The molecule has 0 spiro atoms. The molecule has 6 nitrogen and oxygen atoms in total. The van der Waals surface area contributed by atoms with Crippen molar-refractivity contribution in [3.63, 3.8) is 0 Å². The molecule has 1 saturated heterocycles. The average Bonchev–Trinajstić information content (AvgIpc) is 3.06. The lowest BCUT2D eigenvalue weighted by Crippen LogP contribution is -2.50. The predicted octanol–water partition coefficient (Wildman–Crippen LogP) is 1.04. The van der Waals surface area contributed by atoms with Crippen LogP contribution in [0.15, 0.2) is 18.2 Å². The maximum Gasteiger partial charge on any atom is 0.259 e. The van der Waals surface area contributed by atoms with E-state index in [4.69, 9.17) is 0 Å². The summed E-state index contributed by atoms with van der Waals surface area (Å²) in [5.74, 6) is -0.905. The zero-order chi connectivity index (χ0) is 15.0. The van der Waals surface area contributed by atoms with Crippen molar-refractivity contribution in [2.75, 3.05) is 11.9 Å². The number of hydrogen-bond acceptors (Lipinski definition) is 4. The van der Waals surface area contributed by atoms with Crippen LogP contribution in [-0.2, 0) is 4.79 Å². The summed E-state index contributed by atoms with van der Waals surface area (Å²) in [6, 6.07) is 4.75. The van der Waals surface area contributed by atoms with Crippen molar-refractivity contribution >= 4 is 23.4 Å². The summed E-state index contributed by atoms with van der Waals surface area (Å²) in [5.41, 5.74) is 0.659. The molecule has 0 radical (unpaired) electrons. The third kappa shape index (κ3) is 2.21. The molecule has 6 heteroatoms. The molecule has 2 aliphatic rings. The molecule has 1 aromatic rings. The van der Waals surface area contributed by atoms with Crippen molar-refractivity contribution in [3.8, 4) is 0 Å². The molecule has 0 saturated carbocycles. The first-order chi connectivity index (χ1) is 10.1. The summed E-state index contributed by atoms with van der Waals surface area (Å²) < 4.78 is 0. The molecular weight excluding hydrogens is 270 g/mol. The summed E-state index contributed by atoms with van der Waals surface area (Å²) in [6.45, 7) is 2.81. The molecular formula is C15H17N3O3. The third-order valence-corrected chi connectivity index (χ3v) is 4.28. The molecule has 0 aromatic heterocycles. The first-order valence-corrected chi connectivity index (χ1v) is 7.12. The number of rotatable bonds is 3. The van der Waals surface area contributed by atoms with Crippen LogP contribution in [-0.4, -0.2) is 29.8 Å². The zero-order valence-electron chi connectivity index (χ0n) is 11.8. The van der Waals surface area contributed by atoms with E-state index >= 15 is 0 Å². The lowest BCUT2D eigenvalue weighted by molar-refractivity contribution is -0.122. The van der Waals surface area contributed by atoms with Gasteiger partial charge in [-0.25, -0.2) is 0 Å². The summed E-state index contributed by atoms with van der Waals surface area (Å²) >= 11 is 0. The van der Waals surface area contributed by atoms with Gasteiger partial charge in [-0.15, -0.1) is 0 Å². The van der Waals surface area contributed by atoms with E-state index in [1.165, 1.54) is 0 Å². The molecule has 1 fully saturated rings. The van der Waals surface area contributed by atoms with Crippen molar-refractivity contribution in [3.05, 3.63) is 29.3 Å². The molecule has 21 heavy (non-hydrogen) atoms. The summed E-state index contributed by atoms with van der Waals surface area (Å²) in [5, 5.41) is 8.34. The van der Waals surface area contributed by atoms with Gasteiger partial charge in [-0.2, -0.15) is 0 Å². The van der Waals surface area contributed by atoms with E-state index in [1.807, 2.05) is 6.92 Å². The lowest BCUT2D eigenvalue weighted by Gasteiger charge is -2.26. The lowest BCUT2D eigenvalue weighted by atomic mass is 9.93. The Bertz CT molecular complexity index is 633. The van der Waals surface area contributed by atoms with Gasteiger partial charge < -0.3 is 10.6 Å². The van der Waals surface area contributed by atoms with E-state index in [1.54, 1.807) is 18.2 Å². The van der Waals surface area contributed by atoms with Crippen LogP contribution in [0.2, 0.25) is 0 Å². The second-order valence-corrected chi connectivity index (χ2v) is 5.46. The molecule has 0 aliphatic carbocycles. The Morgan fingerprint density at radius 1 is 1.29 bits per heavy atom. The number of carbonyl (C=O) groups is 3. The van der Waals surface area contributed by atoms with Gasteiger partial charge in [0.2, 0.25) is 5.91 Å². The van der Waals surface area contributed by atoms with Gasteiger partial charge in [0.1, 0.15) is 0 Å². The van der Waals surface area contributed by atoms with Crippen molar-refractivity contribution in [1.82, 2.24) is 10.6 Å². The van der Waals surface area contributed by atoms with Gasteiger partial charge in [-0.1, -0.05) is 6.92 Å². The Balaban J connectivity index is 1.83. The maximum absolute atomic E-state index is 12.5. The molecule has 3 rings (SSSR count). The van der Waals surface area contributed by atoms with Crippen molar-refractivity contribution in [1.29, 1.82) is 0 Å². The smallest absolute Gasteiger partial charge is 0.259 e. The van der Waals surface area contributed by atoms with Crippen molar-refractivity contribution in [2.45, 2.75) is 31.7 Å². The fourth-order valence-electron chi connectivity index (χ4n) is 2.96. The Hall–Kier alpha value is -2.21. The first kappa shape index (κ1) is 13.8. The van der Waals surface area contributed by atoms with Crippen LogP contribution in [0.1, 0.15) is 46.9 Å². The number of imide groups is 1. The molecule has 3 amide bonds. The highest BCUT2D eigenvalue weighted by atomic mass is 16.2. The fourth-order valence-corrected chi connectivity index (χ4v) is 2.96. The number of amides is 3. The number of carbonyl (C=O) groups excluding carboxylic acids is 3. The largest absolute Gasteiger partial charge is 0.324 e. The van der Waals surface area contributed by atoms with Crippen LogP contribution in [0.25, 0.3) is 0 Å². The third-order valence-electron chi connectivity index (χ3n) is 4.28. The topological polar surface area (TPSA) is 87.3 Å². The summed E-state index contributed by atoms with van der Waals surface area (Å²) in [7, 11) is 0. The average molecular weight is 287 g/mol.